The molecular weight excluding hydrogens is 116 g/mol. The van der Waals surface area contributed by atoms with Gasteiger partial charge in [-0.3, -0.25) is 4.79 Å². The monoisotopic (exact) mass is 127 g/mol. The van der Waals surface area contributed by atoms with Crippen LogP contribution in [0.3, 0.4) is 0 Å². The second kappa shape index (κ2) is 5.10. The molecule has 50 valence electrons. The second-order valence-electron chi connectivity index (χ2n) is 1.61. The first-order valence-corrected chi connectivity index (χ1v) is 2.94. The van der Waals surface area contributed by atoms with Gasteiger partial charge < -0.3 is 5.32 Å². The number of amides is 1. The predicted octanol–water partition coefficient (Wildman–Crippen LogP) is 0.475. The fourth-order valence-electron chi connectivity index (χ4n) is 0.385. The Morgan fingerprint density at radius 1 is 1.78 bits per heavy atom. The highest BCUT2D eigenvalue weighted by Gasteiger charge is 1.95. The topological polar surface area (TPSA) is 33.5 Å². The zero-order valence-electron chi connectivity index (χ0n) is 5.55. The molecule has 0 aromatic carbocycles. The number of rotatable bonds is 3. The molecule has 0 heterocycles. The summed E-state index contributed by atoms with van der Waals surface area (Å²) in [4.78, 5) is 13.8. The first-order chi connectivity index (χ1) is 4.31. The zero-order valence-corrected chi connectivity index (χ0v) is 5.55. The number of nitrogens with one attached hydrogen (secondary N) is 1. The van der Waals surface area contributed by atoms with E-state index in [1.807, 2.05) is 0 Å². The van der Waals surface area contributed by atoms with Crippen LogP contribution in [-0.4, -0.2) is 19.0 Å². The molecule has 9 heavy (non-hydrogen) atoms. The van der Waals surface area contributed by atoms with Gasteiger partial charge in [-0.2, -0.15) is 0 Å². The van der Waals surface area contributed by atoms with Gasteiger partial charge in [-0.25, -0.2) is 0 Å². The summed E-state index contributed by atoms with van der Waals surface area (Å²) in [5.74, 6) is 0.0404. The molecule has 0 saturated heterocycles. The van der Waals surface area contributed by atoms with E-state index in [0.29, 0.717) is 19.5 Å². The van der Waals surface area contributed by atoms with Crippen molar-refractivity contribution in [1.82, 2.24) is 5.32 Å². The molecule has 0 aliphatic rings. The highest BCUT2D eigenvalue weighted by molar-refractivity contribution is 5.75. The van der Waals surface area contributed by atoms with Crippen LogP contribution in [0.5, 0.6) is 0 Å². The highest BCUT2D eigenvalue weighted by Crippen LogP contribution is 1.73. The number of hydrogen-bond donors (Lipinski definition) is 1. The Balaban J connectivity index is 3.09. The number of carbonyl (C=O) groups is 1. The van der Waals surface area contributed by atoms with Crippen LogP contribution < -0.4 is 5.32 Å². The van der Waals surface area contributed by atoms with E-state index in [-0.39, 0.29) is 5.91 Å². The molecule has 0 atom stereocenters. The van der Waals surface area contributed by atoms with E-state index in [1.165, 1.54) is 0 Å². The van der Waals surface area contributed by atoms with Crippen LogP contribution in [-0.2, 0) is 4.79 Å². The highest BCUT2D eigenvalue weighted by atomic mass is 16.1. The molecular formula is C6H11N2O+. The third kappa shape index (κ3) is 4.82. The fraction of sp³-hybridized carbons (Fsp3) is 0.667. The summed E-state index contributed by atoms with van der Waals surface area (Å²) in [5.41, 5.74) is 0. The Hall–Kier alpha value is -1.04. The Bertz CT molecular complexity index is 126. The van der Waals surface area contributed by atoms with Gasteiger partial charge in [0, 0.05) is 6.42 Å². The van der Waals surface area contributed by atoms with Crippen LogP contribution in [0.25, 0.3) is 4.85 Å². The molecule has 0 bridgehead atoms. The SMILES string of the molecule is C#[N+]CCNC(=O)CC. The van der Waals surface area contributed by atoms with Gasteiger partial charge in [0.2, 0.25) is 5.91 Å². The maximum atomic E-state index is 10.5. The van der Waals surface area contributed by atoms with Gasteiger partial charge in [0.05, 0.1) is 6.54 Å². The van der Waals surface area contributed by atoms with Gasteiger partial charge in [-0.1, -0.05) is 11.8 Å². The third-order valence-electron chi connectivity index (χ3n) is 0.884. The predicted molar refractivity (Wildman–Crippen MR) is 36.5 cm³/mol. The van der Waals surface area contributed by atoms with Gasteiger partial charge in [-0.05, 0) is 0 Å². The molecule has 0 radical (unpaired) electrons. The van der Waals surface area contributed by atoms with E-state index in [4.69, 9.17) is 6.57 Å². The number of carbonyl (C=O) groups excluding carboxylic acids is 1. The fourth-order valence-corrected chi connectivity index (χ4v) is 0.385. The summed E-state index contributed by atoms with van der Waals surface area (Å²) < 4.78 is 0. The maximum Gasteiger partial charge on any atom is 0.280 e. The van der Waals surface area contributed by atoms with Crippen molar-refractivity contribution in [1.29, 1.82) is 0 Å². The van der Waals surface area contributed by atoms with E-state index in [1.54, 1.807) is 6.92 Å². The number of nitrogens with zero attached hydrogens (tertiary/aromatic N) is 1. The van der Waals surface area contributed by atoms with Crippen LogP contribution in [0.1, 0.15) is 13.3 Å². The van der Waals surface area contributed by atoms with Crippen molar-refractivity contribution in [3.05, 3.63) is 4.85 Å². The van der Waals surface area contributed by atoms with Gasteiger partial charge in [-0.15, -0.1) is 0 Å². The molecule has 0 aliphatic carbocycles. The van der Waals surface area contributed by atoms with Crippen molar-refractivity contribution in [3.8, 4) is 6.57 Å². The summed E-state index contributed by atoms with van der Waals surface area (Å²) >= 11 is 0. The van der Waals surface area contributed by atoms with Crippen LogP contribution in [0.15, 0.2) is 0 Å². The van der Waals surface area contributed by atoms with E-state index in [0.717, 1.165) is 0 Å². The van der Waals surface area contributed by atoms with Crippen molar-refractivity contribution < 1.29 is 4.79 Å². The molecule has 3 nitrogen and oxygen atoms in total. The Labute approximate surface area is 54.9 Å². The lowest BCUT2D eigenvalue weighted by atomic mass is 10.4. The average Bonchev–Trinajstić information content (AvgIpc) is 1.89. The molecule has 0 unspecified atom stereocenters. The Morgan fingerprint density at radius 3 is 2.89 bits per heavy atom. The van der Waals surface area contributed by atoms with E-state index >= 15 is 0 Å². The quantitative estimate of drug-likeness (QED) is 0.549. The standard InChI is InChI=1S/C6H10N2O/c1-3-6(9)8-5-4-7-2/h2H,3-5H2,1H3/p+1. The van der Waals surface area contributed by atoms with Gasteiger partial charge >= 0.3 is 0 Å². The van der Waals surface area contributed by atoms with Gasteiger partial charge in [0.1, 0.15) is 0 Å². The van der Waals surface area contributed by atoms with E-state index in [2.05, 4.69) is 10.2 Å². The molecule has 1 N–H and O–H groups in total. The first-order valence-electron chi connectivity index (χ1n) is 2.94. The molecule has 0 aromatic heterocycles. The minimum absolute atomic E-state index is 0.0404. The Kier molecular flexibility index (Phi) is 4.51. The number of hydrogen-bond acceptors (Lipinski definition) is 1. The molecule has 0 rings (SSSR count). The van der Waals surface area contributed by atoms with Crippen LogP contribution in [0.2, 0.25) is 0 Å². The minimum Gasteiger partial charge on any atom is -0.348 e. The van der Waals surface area contributed by atoms with Crippen molar-refractivity contribution in [2.75, 3.05) is 13.1 Å². The largest absolute Gasteiger partial charge is 0.348 e. The molecule has 0 aromatic rings. The lowest BCUT2D eigenvalue weighted by Gasteiger charge is -1.93. The van der Waals surface area contributed by atoms with Crippen molar-refractivity contribution >= 4 is 5.91 Å². The summed E-state index contributed by atoms with van der Waals surface area (Å²) in [6.07, 6.45) is 0.518. The minimum atomic E-state index is 0.0404. The maximum absolute atomic E-state index is 10.5. The smallest absolute Gasteiger partial charge is 0.280 e. The van der Waals surface area contributed by atoms with Gasteiger partial charge in [0.25, 0.3) is 13.1 Å². The molecule has 0 fully saturated rings. The molecule has 0 saturated carbocycles. The molecule has 0 spiro atoms. The van der Waals surface area contributed by atoms with Crippen molar-refractivity contribution in [2.45, 2.75) is 13.3 Å². The van der Waals surface area contributed by atoms with Crippen molar-refractivity contribution in [2.24, 2.45) is 0 Å². The third-order valence-corrected chi connectivity index (χ3v) is 0.884. The lowest BCUT2D eigenvalue weighted by molar-refractivity contribution is -0.120. The first kappa shape index (κ1) is 7.96. The molecule has 0 aliphatic heterocycles. The lowest BCUT2D eigenvalue weighted by Crippen LogP contribution is -2.24. The van der Waals surface area contributed by atoms with E-state index in [9.17, 15) is 4.79 Å². The van der Waals surface area contributed by atoms with Crippen LogP contribution >= 0.6 is 0 Å². The summed E-state index contributed by atoms with van der Waals surface area (Å²) in [5, 5.41) is 2.62. The summed E-state index contributed by atoms with van der Waals surface area (Å²) in [7, 11) is 0. The molecule has 1 amide bonds. The van der Waals surface area contributed by atoms with E-state index < -0.39 is 0 Å². The normalized spacial score (nSPS) is 8.00. The Morgan fingerprint density at radius 2 is 2.44 bits per heavy atom. The van der Waals surface area contributed by atoms with Crippen molar-refractivity contribution in [3.63, 3.8) is 0 Å². The summed E-state index contributed by atoms with van der Waals surface area (Å²) in [6, 6.07) is 0. The van der Waals surface area contributed by atoms with Crippen LogP contribution in [0, 0.1) is 6.57 Å². The van der Waals surface area contributed by atoms with Crippen LogP contribution in [0.4, 0.5) is 0 Å². The zero-order chi connectivity index (χ0) is 7.11. The summed E-state index contributed by atoms with van der Waals surface area (Å²) in [6.45, 7) is 7.67. The molecule has 3 heteroatoms. The second-order valence-corrected chi connectivity index (χ2v) is 1.61. The average molecular weight is 127 g/mol. The van der Waals surface area contributed by atoms with Gasteiger partial charge in [0.15, 0.2) is 0 Å².